The standard InChI is InChI=1S/C20H26N4O2/c1-15(2)12-19-23-17(13-21)20(26-19)22-14-18(16-6-4-3-5-7-16)24-8-10-25-11-9-24/h3-7,15,18,22H,8-12,14H2,1-2H3/t18-/m1/s1. The molecule has 26 heavy (non-hydrogen) atoms. The van der Waals surface area contributed by atoms with E-state index in [1.54, 1.807) is 0 Å². The summed E-state index contributed by atoms with van der Waals surface area (Å²) in [4.78, 5) is 6.71. The van der Waals surface area contributed by atoms with Crippen LogP contribution in [0.2, 0.25) is 0 Å². The van der Waals surface area contributed by atoms with Gasteiger partial charge in [-0.1, -0.05) is 44.2 Å². The third kappa shape index (κ3) is 4.63. The monoisotopic (exact) mass is 354 g/mol. The van der Waals surface area contributed by atoms with Gasteiger partial charge in [0, 0.05) is 26.1 Å². The van der Waals surface area contributed by atoms with Crippen LogP contribution in [0.3, 0.4) is 0 Å². The van der Waals surface area contributed by atoms with Crippen LogP contribution in [-0.4, -0.2) is 42.7 Å². The number of nitriles is 1. The van der Waals surface area contributed by atoms with Gasteiger partial charge in [0.25, 0.3) is 0 Å². The van der Waals surface area contributed by atoms with E-state index in [2.05, 4.69) is 59.4 Å². The quantitative estimate of drug-likeness (QED) is 0.823. The first kappa shape index (κ1) is 18.4. The number of morpholine rings is 1. The minimum absolute atomic E-state index is 0.185. The zero-order chi connectivity index (χ0) is 18.4. The molecule has 1 N–H and O–H groups in total. The summed E-state index contributed by atoms with van der Waals surface area (Å²) in [5, 5.41) is 12.7. The Morgan fingerprint density at radius 2 is 1.96 bits per heavy atom. The first-order valence-corrected chi connectivity index (χ1v) is 9.17. The summed E-state index contributed by atoms with van der Waals surface area (Å²) in [7, 11) is 0. The van der Waals surface area contributed by atoms with Crippen LogP contribution in [0.4, 0.5) is 5.88 Å². The van der Waals surface area contributed by atoms with Crippen molar-refractivity contribution in [2.45, 2.75) is 26.3 Å². The second-order valence-corrected chi connectivity index (χ2v) is 6.95. The van der Waals surface area contributed by atoms with E-state index < -0.39 is 0 Å². The molecule has 3 rings (SSSR count). The van der Waals surface area contributed by atoms with Crippen LogP contribution in [-0.2, 0) is 11.2 Å². The van der Waals surface area contributed by atoms with Crippen LogP contribution < -0.4 is 5.32 Å². The van der Waals surface area contributed by atoms with Gasteiger partial charge in [-0.3, -0.25) is 4.90 Å². The molecule has 6 nitrogen and oxygen atoms in total. The molecule has 0 bridgehead atoms. The Kier molecular flexibility index (Phi) is 6.26. The van der Waals surface area contributed by atoms with Crippen molar-refractivity contribution in [3.8, 4) is 6.07 Å². The fraction of sp³-hybridized carbons (Fsp3) is 0.500. The van der Waals surface area contributed by atoms with Crippen LogP contribution in [0.15, 0.2) is 34.7 Å². The van der Waals surface area contributed by atoms with Gasteiger partial charge in [0.2, 0.25) is 11.6 Å². The largest absolute Gasteiger partial charge is 0.424 e. The van der Waals surface area contributed by atoms with Gasteiger partial charge in [-0.05, 0) is 11.5 Å². The normalized spacial score (nSPS) is 16.4. The highest BCUT2D eigenvalue weighted by molar-refractivity contribution is 5.45. The van der Waals surface area contributed by atoms with Gasteiger partial charge in [-0.15, -0.1) is 0 Å². The number of ether oxygens (including phenoxy) is 1. The summed E-state index contributed by atoms with van der Waals surface area (Å²) in [6, 6.07) is 12.7. The van der Waals surface area contributed by atoms with E-state index in [4.69, 9.17) is 9.15 Å². The molecule has 0 amide bonds. The van der Waals surface area contributed by atoms with Crippen molar-refractivity contribution in [2.24, 2.45) is 5.92 Å². The summed E-state index contributed by atoms with van der Waals surface area (Å²) in [6.45, 7) is 8.12. The lowest BCUT2D eigenvalue weighted by Gasteiger charge is -2.34. The van der Waals surface area contributed by atoms with Crippen molar-refractivity contribution in [1.29, 1.82) is 5.26 Å². The van der Waals surface area contributed by atoms with Gasteiger partial charge in [-0.25, -0.2) is 4.98 Å². The van der Waals surface area contributed by atoms with Crippen molar-refractivity contribution in [2.75, 3.05) is 38.2 Å². The maximum Gasteiger partial charge on any atom is 0.232 e. The number of anilines is 1. The van der Waals surface area contributed by atoms with Crippen molar-refractivity contribution in [3.05, 3.63) is 47.5 Å². The molecule has 0 aliphatic carbocycles. The summed E-state index contributed by atoms with van der Waals surface area (Å²) >= 11 is 0. The van der Waals surface area contributed by atoms with Crippen LogP contribution >= 0.6 is 0 Å². The SMILES string of the molecule is CC(C)Cc1nc(C#N)c(NC[C@H](c2ccccc2)N2CCOCC2)o1. The number of hydrogen-bond donors (Lipinski definition) is 1. The summed E-state index contributed by atoms with van der Waals surface area (Å²) in [6.07, 6.45) is 0.724. The number of nitrogens with one attached hydrogen (secondary N) is 1. The predicted octanol–water partition coefficient (Wildman–Crippen LogP) is 3.23. The molecule has 1 aliphatic rings. The molecule has 2 heterocycles. The number of rotatable bonds is 7. The second kappa shape index (κ2) is 8.84. The minimum Gasteiger partial charge on any atom is -0.424 e. The van der Waals surface area contributed by atoms with Crippen molar-refractivity contribution < 1.29 is 9.15 Å². The Morgan fingerprint density at radius 1 is 1.23 bits per heavy atom. The lowest BCUT2D eigenvalue weighted by Crippen LogP contribution is -2.41. The molecule has 1 saturated heterocycles. The molecule has 0 radical (unpaired) electrons. The van der Waals surface area contributed by atoms with Gasteiger partial charge in [0.15, 0.2) is 5.89 Å². The van der Waals surface area contributed by atoms with Crippen molar-refractivity contribution in [3.63, 3.8) is 0 Å². The average Bonchev–Trinajstić information content (AvgIpc) is 3.04. The maximum atomic E-state index is 9.36. The van der Waals surface area contributed by atoms with Crippen LogP contribution in [0.1, 0.15) is 37.0 Å². The molecule has 0 saturated carbocycles. The molecule has 1 aliphatic heterocycles. The molecule has 1 atom stereocenters. The van der Waals surface area contributed by atoms with Crippen LogP contribution in [0.5, 0.6) is 0 Å². The fourth-order valence-corrected chi connectivity index (χ4v) is 3.21. The van der Waals surface area contributed by atoms with E-state index in [0.717, 1.165) is 32.7 Å². The summed E-state index contributed by atoms with van der Waals surface area (Å²) in [5.74, 6) is 1.51. The number of oxazole rings is 1. The Balaban J connectivity index is 1.75. The van der Waals surface area contributed by atoms with Gasteiger partial charge in [-0.2, -0.15) is 5.26 Å². The van der Waals surface area contributed by atoms with Crippen molar-refractivity contribution >= 4 is 5.88 Å². The highest BCUT2D eigenvalue weighted by Gasteiger charge is 2.23. The Bertz CT molecular complexity index is 730. The molecule has 1 aromatic heterocycles. The highest BCUT2D eigenvalue weighted by atomic mass is 16.5. The molecular weight excluding hydrogens is 328 g/mol. The molecule has 1 aromatic carbocycles. The second-order valence-electron chi connectivity index (χ2n) is 6.95. The van der Waals surface area contributed by atoms with Crippen LogP contribution in [0.25, 0.3) is 0 Å². The summed E-state index contributed by atoms with van der Waals surface area (Å²) < 4.78 is 11.3. The Labute approximate surface area is 154 Å². The molecule has 1 fully saturated rings. The van der Waals surface area contributed by atoms with Gasteiger partial charge < -0.3 is 14.5 Å². The molecule has 0 unspecified atom stereocenters. The Hall–Kier alpha value is -2.36. The average molecular weight is 354 g/mol. The number of benzene rings is 1. The molecule has 6 heteroatoms. The maximum absolute atomic E-state index is 9.36. The number of nitrogens with zero attached hydrogens (tertiary/aromatic N) is 3. The molecule has 138 valence electrons. The van der Waals surface area contributed by atoms with E-state index in [1.807, 2.05) is 6.07 Å². The molecule has 0 spiro atoms. The lowest BCUT2D eigenvalue weighted by molar-refractivity contribution is 0.0186. The molecular formula is C20H26N4O2. The first-order chi connectivity index (χ1) is 12.7. The number of hydrogen-bond acceptors (Lipinski definition) is 6. The fourth-order valence-electron chi connectivity index (χ4n) is 3.21. The number of aromatic nitrogens is 1. The topological polar surface area (TPSA) is 74.3 Å². The van der Waals surface area contributed by atoms with Crippen molar-refractivity contribution in [1.82, 2.24) is 9.88 Å². The van der Waals surface area contributed by atoms with E-state index >= 15 is 0 Å². The third-order valence-electron chi connectivity index (χ3n) is 4.49. The Morgan fingerprint density at radius 3 is 2.62 bits per heavy atom. The highest BCUT2D eigenvalue weighted by Crippen LogP contribution is 2.24. The summed E-state index contributed by atoms with van der Waals surface area (Å²) in [5.41, 5.74) is 1.57. The van der Waals surface area contributed by atoms with E-state index in [-0.39, 0.29) is 6.04 Å². The third-order valence-corrected chi connectivity index (χ3v) is 4.49. The van der Waals surface area contributed by atoms with Gasteiger partial charge in [0.05, 0.1) is 19.3 Å². The zero-order valence-corrected chi connectivity index (χ0v) is 15.4. The molecule has 2 aromatic rings. The minimum atomic E-state index is 0.185. The van der Waals surface area contributed by atoms with E-state index in [0.29, 0.717) is 29.9 Å². The van der Waals surface area contributed by atoms with E-state index in [9.17, 15) is 5.26 Å². The smallest absolute Gasteiger partial charge is 0.232 e. The van der Waals surface area contributed by atoms with Crippen LogP contribution in [0, 0.1) is 17.2 Å². The first-order valence-electron chi connectivity index (χ1n) is 9.17. The van der Waals surface area contributed by atoms with Gasteiger partial charge >= 0.3 is 0 Å². The predicted molar refractivity (Wildman–Crippen MR) is 99.8 cm³/mol. The van der Waals surface area contributed by atoms with E-state index in [1.165, 1.54) is 5.56 Å². The lowest BCUT2D eigenvalue weighted by atomic mass is 10.0. The van der Waals surface area contributed by atoms with Gasteiger partial charge in [0.1, 0.15) is 6.07 Å². The zero-order valence-electron chi connectivity index (χ0n) is 15.4.